The molecule has 0 radical (unpaired) electrons. The van der Waals surface area contributed by atoms with Crippen molar-refractivity contribution in [1.82, 2.24) is 24.5 Å². The highest BCUT2D eigenvalue weighted by molar-refractivity contribution is 5.91. The standard InChI is InChI=1S/C11H11F2N5O/c1-6-3-7(2)18-10(14-6)15-8(16-18)9(19)17-4-11(12,13)5-17/h3H,4-5H2,1-2H3. The first kappa shape index (κ1) is 11.9. The van der Waals surface area contributed by atoms with Crippen LogP contribution in [-0.2, 0) is 0 Å². The number of fused-ring (bicyclic) bond motifs is 1. The van der Waals surface area contributed by atoms with Gasteiger partial charge in [-0.2, -0.15) is 4.98 Å². The Morgan fingerprint density at radius 1 is 1.32 bits per heavy atom. The van der Waals surface area contributed by atoms with Crippen LogP contribution >= 0.6 is 0 Å². The summed E-state index contributed by atoms with van der Waals surface area (Å²) in [5.41, 5.74) is 1.54. The van der Waals surface area contributed by atoms with Crippen molar-refractivity contribution in [3.05, 3.63) is 23.3 Å². The maximum atomic E-state index is 12.7. The van der Waals surface area contributed by atoms with Crippen LogP contribution in [0, 0.1) is 13.8 Å². The fourth-order valence-corrected chi connectivity index (χ4v) is 2.05. The van der Waals surface area contributed by atoms with E-state index in [0.29, 0.717) is 5.78 Å². The molecule has 3 rings (SSSR count). The zero-order valence-corrected chi connectivity index (χ0v) is 10.4. The first-order valence-corrected chi connectivity index (χ1v) is 5.74. The first-order chi connectivity index (χ1) is 8.85. The third-order valence-electron chi connectivity index (χ3n) is 2.94. The summed E-state index contributed by atoms with van der Waals surface area (Å²) in [6.45, 7) is 2.46. The molecule has 1 fully saturated rings. The number of nitrogens with zero attached hydrogens (tertiary/aromatic N) is 5. The number of carbonyl (C=O) groups excluding carboxylic acids is 1. The highest BCUT2D eigenvalue weighted by Crippen LogP contribution is 2.27. The van der Waals surface area contributed by atoms with Crippen molar-refractivity contribution in [2.75, 3.05) is 13.1 Å². The number of aryl methyl sites for hydroxylation is 2. The fraction of sp³-hybridized carbons (Fsp3) is 0.455. The van der Waals surface area contributed by atoms with Gasteiger partial charge in [0.1, 0.15) is 0 Å². The van der Waals surface area contributed by atoms with Gasteiger partial charge in [0.2, 0.25) is 5.82 Å². The molecule has 1 amide bonds. The van der Waals surface area contributed by atoms with Crippen LogP contribution in [0.3, 0.4) is 0 Å². The Bertz CT molecular complexity index is 673. The SMILES string of the molecule is Cc1cc(C)n2nc(C(=O)N3CC(F)(F)C3)nc2n1. The van der Waals surface area contributed by atoms with Crippen molar-refractivity contribution >= 4 is 11.7 Å². The van der Waals surface area contributed by atoms with Gasteiger partial charge >= 0.3 is 0 Å². The molecule has 0 unspecified atom stereocenters. The molecule has 0 atom stereocenters. The second kappa shape index (κ2) is 3.69. The quantitative estimate of drug-likeness (QED) is 0.767. The Hall–Kier alpha value is -2.12. The first-order valence-electron chi connectivity index (χ1n) is 5.74. The second-order valence-electron chi connectivity index (χ2n) is 4.70. The summed E-state index contributed by atoms with van der Waals surface area (Å²) in [7, 11) is 0. The second-order valence-corrected chi connectivity index (χ2v) is 4.70. The van der Waals surface area contributed by atoms with Gasteiger partial charge in [0.25, 0.3) is 17.6 Å². The van der Waals surface area contributed by atoms with Gasteiger partial charge in [-0.05, 0) is 19.9 Å². The molecule has 2 aromatic rings. The molecular weight excluding hydrogens is 256 g/mol. The lowest BCUT2D eigenvalue weighted by Gasteiger charge is -2.37. The minimum Gasteiger partial charge on any atom is -0.324 e. The van der Waals surface area contributed by atoms with E-state index in [1.54, 1.807) is 13.0 Å². The number of alkyl halides is 2. The van der Waals surface area contributed by atoms with Crippen molar-refractivity contribution < 1.29 is 13.6 Å². The van der Waals surface area contributed by atoms with Crippen molar-refractivity contribution in [2.45, 2.75) is 19.8 Å². The van der Waals surface area contributed by atoms with Crippen LogP contribution in [0.5, 0.6) is 0 Å². The fourth-order valence-electron chi connectivity index (χ4n) is 2.05. The summed E-state index contributed by atoms with van der Waals surface area (Å²) in [6, 6.07) is 1.80. The monoisotopic (exact) mass is 267 g/mol. The lowest BCUT2D eigenvalue weighted by Crippen LogP contribution is -2.58. The van der Waals surface area contributed by atoms with Crippen molar-refractivity contribution in [2.24, 2.45) is 0 Å². The summed E-state index contributed by atoms with van der Waals surface area (Å²) in [5.74, 6) is -3.18. The summed E-state index contributed by atoms with van der Waals surface area (Å²) >= 11 is 0. The average molecular weight is 267 g/mol. The molecule has 8 heteroatoms. The molecule has 6 nitrogen and oxygen atoms in total. The highest BCUT2D eigenvalue weighted by atomic mass is 19.3. The number of likely N-dealkylation sites (tertiary alicyclic amines) is 1. The van der Waals surface area contributed by atoms with Crippen molar-refractivity contribution in [3.63, 3.8) is 0 Å². The van der Waals surface area contributed by atoms with Crippen LogP contribution in [-0.4, -0.2) is 49.4 Å². The van der Waals surface area contributed by atoms with E-state index in [-0.39, 0.29) is 5.82 Å². The molecule has 2 aromatic heterocycles. The van der Waals surface area contributed by atoms with E-state index in [2.05, 4.69) is 15.1 Å². The van der Waals surface area contributed by atoms with Gasteiger partial charge in [0, 0.05) is 11.4 Å². The summed E-state index contributed by atoms with van der Waals surface area (Å²) in [6.07, 6.45) is 0. The molecular formula is C11H11F2N5O. The molecule has 0 aliphatic carbocycles. The van der Waals surface area contributed by atoms with Crippen LogP contribution in [0.15, 0.2) is 6.07 Å². The minimum absolute atomic E-state index is 0.100. The van der Waals surface area contributed by atoms with Gasteiger partial charge in [-0.15, -0.1) is 5.10 Å². The van der Waals surface area contributed by atoms with Crippen LogP contribution < -0.4 is 0 Å². The third-order valence-corrected chi connectivity index (χ3v) is 2.94. The largest absolute Gasteiger partial charge is 0.324 e. The Labute approximate surface area is 107 Å². The Balaban J connectivity index is 1.94. The zero-order chi connectivity index (χ0) is 13.8. The Kier molecular flexibility index (Phi) is 2.32. The molecule has 0 saturated carbocycles. The van der Waals surface area contributed by atoms with Gasteiger partial charge in [-0.3, -0.25) is 4.79 Å². The van der Waals surface area contributed by atoms with Crippen LogP contribution in [0.2, 0.25) is 0 Å². The van der Waals surface area contributed by atoms with E-state index < -0.39 is 24.9 Å². The molecule has 1 saturated heterocycles. The predicted octanol–water partition coefficient (Wildman–Crippen LogP) is 0.832. The van der Waals surface area contributed by atoms with Gasteiger partial charge in [-0.1, -0.05) is 0 Å². The molecule has 1 aliphatic rings. The zero-order valence-electron chi connectivity index (χ0n) is 10.4. The van der Waals surface area contributed by atoms with Crippen LogP contribution in [0.4, 0.5) is 8.78 Å². The van der Waals surface area contributed by atoms with E-state index >= 15 is 0 Å². The van der Waals surface area contributed by atoms with Crippen molar-refractivity contribution in [1.29, 1.82) is 0 Å². The Morgan fingerprint density at radius 2 is 2.00 bits per heavy atom. The molecule has 0 aromatic carbocycles. The maximum Gasteiger partial charge on any atom is 0.294 e. The highest BCUT2D eigenvalue weighted by Gasteiger charge is 2.47. The van der Waals surface area contributed by atoms with Gasteiger partial charge in [0.15, 0.2) is 0 Å². The van der Waals surface area contributed by atoms with Gasteiger partial charge in [-0.25, -0.2) is 18.3 Å². The molecule has 0 spiro atoms. The predicted molar refractivity (Wildman–Crippen MR) is 61.1 cm³/mol. The average Bonchev–Trinajstić information content (AvgIpc) is 2.68. The van der Waals surface area contributed by atoms with E-state index in [0.717, 1.165) is 16.3 Å². The number of rotatable bonds is 1. The number of halogens is 2. The van der Waals surface area contributed by atoms with E-state index in [1.165, 1.54) is 4.52 Å². The van der Waals surface area contributed by atoms with E-state index in [1.807, 2.05) is 6.92 Å². The van der Waals surface area contributed by atoms with E-state index in [4.69, 9.17) is 0 Å². The minimum atomic E-state index is -2.79. The molecule has 19 heavy (non-hydrogen) atoms. The number of amides is 1. The van der Waals surface area contributed by atoms with Crippen LogP contribution in [0.25, 0.3) is 5.78 Å². The topological polar surface area (TPSA) is 63.4 Å². The smallest absolute Gasteiger partial charge is 0.294 e. The number of carbonyl (C=O) groups is 1. The molecule has 0 N–H and O–H groups in total. The lowest BCUT2D eigenvalue weighted by molar-refractivity contribution is -0.113. The summed E-state index contributed by atoms with van der Waals surface area (Å²) in [4.78, 5) is 21.1. The van der Waals surface area contributed by atoms with Gasteiger partial charge < -0.3 is 4.90 Å². The molecule has 100 valence electrons. The Morgan fingerprint density at radius 3 is 2.63 bits per heavy atom. The molecule has 3 heterocycles. The number of hydrogen-bond donors (Lipinski definition) is 0. The summed E-state index contributed by atoms with van der Waals surface area (Å²) in [5, 5.41) is 4.01. The third kappa shape index (κ3) is 1.92. The summed E-state index contributed by atoms with van der Waals surface area (Å²) < 4.78 is 26.9. The van der Waals surface area contributed by atoms with Gasteiger partial charge in [0.05, 0.1) is 13.1 Å². The van der Waals surface area contributed by atoms with E-state index in [9.17, 15) is 13.6 Å². The van der Waals surface area contributed by atoms with Crippen molar-refractivity contribution in [3.8, 4) is 0 Å². The molecule has 1 aliphatic heterocycles. The number of aromatic nitrogens is 4. The number of hydrogen-bond acceptors (Lipinski definition) is 4. The normalized spacial score (nSPS) is 17.6. The molecule has 0 bridgehead atoms. The van der Waals surface area contributed by atoms with Crippen LogP contribution in [0.1, 0.15) is 22.0 Å². The maximum absolute atomic E-state index is 12.7. The lowest BCUT2D eigenvalue weighted by atomic mass is 10.1.